The van der Waals surface area contributed by atoms with E-state index < -0.39 is 0 Å². The molecule has 1 aliphatic rings. The van der Waals surface area contributed by atoms with Gasteiger partial charge in [0.2, 0.25) is 0 Å². The average molecular weight is 288 g/mol. The summed E-state index contributed by atoms with van der Waals surface area (Å²) in [7, 11) is -0.0529. The number of unbranched alkanes of at least 4 members (excludes halogenated alkanes) is 4. The molecule has 5 heteroatoms. The number of ketones is 1. The van der Waals surface area contributed by atoms with E-state index in [2.05, 4.69) is 0 Å². The molecule has 0 aromatic carbocycles. The highest BCUT2D eigenvalue weighted by Crippen LogP contribution is 2.14. The number of rotatable bonds is 11. The highest BCUT2D eigenvalue weighted by Gasteiger charge is 2.13. The van der Waals surface area contributed by atoms with Crippen LogP contribution in [0, 0.1) is 0 Å². The standard InChI is InChI=1S/C14H25O4P/c15-13(12-19-16)8-4-2-1-3-6-10-17-14-9-5-7-11-18-14/h14H,1-12H2. The molecular weight excluding hydrogens is 263 g/mol. The molecule has 1 aliphatic heterocycles. The quantitative estimate of drug-likeness (QED) is 0.429. The molecule has 1 heterocycles. The van der Waals surface area contributed by atoms with E-state index in [1.807, 2.05) is 0 Å². The molecular formula is C14H25O4P. The molecule has 4 nitrogen and oxygen atoms in total. The second kappa shape index (κ2) is 11.5. The normalized spacial score (nSPS) is 19.7. The van der Waals surface area contributed by atoms with Crippen molar-refractivity contribution in [2.75, 3.05) is 19.4 Å². The molecule has 0 radical (unpaired) electrons. The van der Waals surface area contributed by atoms with Crippen LogP contribution in [0.5, 0.6) is 0 Å². The van der Waals surface area contributed by atoms with E-state index in [-0.39, 0.29) is 26.7 Å². The van der Waals surface area contributed by atoms with Crippen molar-refractivity contribution < 1.29 is 18.8 Å². The first-order valence-corrected chi connectivity index (χ1v) is 8.36. The second-order valence-corrected chi connectivity index (χ2v) is 5.59. The SMILES string of the molecule is O=PCC(=O)CCCCCCCOC1CCCCO1. The Kier molecular flexibility index (Phi) is 10.1. The lowest BCUT2D eigenvalue weighted by atomic mass is 10.1. The summed E-state index contributed by atoms with van der Waals surface area (Å²) in [5.74, 6) is 0.106. The van der Waals surface area contributed by atoms with Gasteiger partial charge in [-0.1, -0.05) is 19.3 Å². The molecule has 0 N–H and O–H groups in total. The van der Waals surface area contributed by atoms with Gasteiger partial charge in [-0.25, -0.2) is 0 Å². The molecule has 1 unspecified atom stereocenters. The van der Waals surface area contributed by atoms with Crippen molar-refractivity contribution in [1.29, 1.82) is 0 Å². The van der Waals surface area contributed by atoms with E-state index in [4.69, 9.17) is 9.47 Å². The molecule has 19 heavy (non-hydrogen) atoms. The van der Waals surface area contributed by atoms with Crippen LogP contribution in [0.2, 0.25) is 0 Å². The van der Waals surface area contributed by atoms with E-state index in [0.29, 0.717) is 6.42 Å². The third-order valence-electron chi connectivity index (χ3n) is 3.28. The van der Waals surface area contributed by atoms with E-state index in [9.17, 15) is 9.36 Å². The van der Waals surface area contributed by atoms with Crippen LogP contribution in [-0.2, 0) is 18.8 Å². The van der Waals surface area contributed by atoms with Crippen molar-refractivity contribution in [2.45, 2.75) is 64.1 Å². The van der Waals surface area contributed by atoms with Crippen LogP contribution in [0.25, 0.3) is 0 Å². The fraction of sp³-hybridized carbons (Fsp3) is 0.929. The maximum absolute atomic E-state index is 11.1. The van der Waals surface area contributed by atoms with Gasteiger partial charge in [0.25, 0.3) is 0 Å². The van der Waals surface area contributed by atoms with Crippen LogP contribution in [0.15, 0.2) is 0 Å². The molecule has 1 atom stereocenters. The molecule has 0 saturated carbocycles. The van der Waals surface area contributed by atoms with Crippen molar-refractivity contribution in [3.05, 3.63) is 0 Å². The van der Waals surface area contributed by atoms with E-state index >= 15 is 0 Å². The summed E-state index contributed by atoms with van der Waals surface area (Å²) in [4.78, 5) is 11.1. The Balaban J connectivity index is 1.80. The lowest BCUT2D eigenvalue weighted by Gasteiger charge is -2.22. The van der Waals surface area contributed by atoms with Crippen molar-refractivity contribution in [3.8, 4) is 0 Å². The lowest BCUT2D eigenvalue weighted by Crippen LogP contribution is -2.22. The zero-order chi connectivity index (χ0) is 13.8. The van der Waals surface area contributed by atoms with Gasteiger partial charge in [-0.3, -0.25) is 9.36 Å². The number of hydrogen-bond donors (Lipinski definition) is 0. The van der Waals surface area contributed by atoms with Crippen LogP contribution >= 0.6 is 8.46 Å². The zero-order valence-corrected chi connectivity index (χ0v) is 12.5. The fourth-order valence-corrected chi connectivity index (χ4v) is 2.47. The maximum Gasteiger partial charge on any atom is 0.163 e. The average Bonchev–Trinajstić information content (AvgIpc) is 2.43. The number of Topliss-reactive ketones (excluding diaryl/α,β-unsaturated/α-hetero) is 1. The molecule has 0 spiro atoms. The maximum atomic E-state index is 11.1. The van der Waals surface area contributed by atoms with Crippen LogP contribution in [-0.4, -0.2) is 31.4 Å². The van der Waals surface area contributed by atoms with Gasteiger partial charge in [-0.15, -0.1) is 0 Å². The monoisotopic (exact) mass is 288 g/mol. The third-order valence-corrected chi connectivity index (χ3v) is 3.76. The van der Waals surface area contributed by atoms with E-state index in [1.54, 1.807) is 0 Å². The molecule has 110 valence electrons. The Morgan fingerprint density at radius 2 is 1.95 bits per heavy atom. The molecule has 0 aliphatic carbocycles. The molecule has 1 saturated heterocycles. The van der Waals surface area contributed by atoms with Crippen LogP contribution < -0.4 is 0 Å². The number of carbonyl (C=O) groups excluding carboxylic acids is 1. The Morgan fingerprint density at radius 3 is 2.68 bits per heavy atom. The second-order valence-electron chi connectivity index (χ2n) is 5.01. The van der Waals surface area contributed by atoms with Gasteiger partial charge >= 0.3 is 0 Å². The first-order valence-electron chi connectivity index (χ1n) is 7.37. The van der Waals surface area contributed by atoms with Crippen LogP contribution in [0.4, 0.5) is 0 Å². The summed E-state index contributed by atoms with van der Waals surface area (Å²) in [6, 6.07) is 0. The minimum atomic E-state index is -0.0529. The third kappa shape index (κ3) is 9.26. The Bertz CT molecular complexity index is 252. The smallest absolute Gasteiger partial charge is 0.163 e. The topological polar surface area (TPSA) is 52.6 Å². The first-order chi connectivity index (χ1) is 9.33. The van der Waals surface area contributed by atoms with E-state index in [1.165, 1.54) is 6.42 Å². The highest BCUT2D eigenvalue weighted by atomic mass is 31.1. The summed E-state index contributed by atoms with van der Waals surface area (Å²) >= 11 is 0. The number of ether oxygens (including phenoxy) is 2. The molecule has 0 bridgehead atoms. The van der Waals surface area contributed by atoms with Gasteiger partial charge < -0.3 is 9.47 Å². The largest absolute Gasteiger partial charge is 0.353 e. The van der Waals surface area contributed by atoms with Gasteiger partial charge in [-0.05, 0) is 32.1 Å². The van der Waals surface area contributed by atoms with Gasteiger partial charge in [0, 0.05) is 19.6 Å². The first kappa shape index (κ1) is 16.7. The Labute approximate surface area is 117 Å². The molecule has 0 aromatic heterocycles. The summed E-state index contributed by atoms with van der Waals surface area (Å²) in [5.41, 5.74) is 0. The zero-order valence-electron chi connectivity index (χ0n) is 11.6. The molecule has 0 aromatic rings. The highest BCUT2D eigenvalue weighted by molar-refractivity contribution is 7.25. The van der Waals surface area contributed by atoms with Crippen molar-refractivity contribution in [2.24, 2.45) is 0 Å². The summed E-state index contributed by atoms with van der Waals surface area (Å²) in [6.07, 6.45) is 9.50. The fourth-order valence-electron chi connectivity index (χ4n) is 2.16. The Hall–Kier alpha value is -0.310. The van der Waals surface area contributed by atoms with Crippen molar-refractivity contribution >= 4 is 14.2 Å². The number of carbonyl (C=O) groups is 1. The van der Waals surface area contributed by atoms with Crippen LogP contribution in [0.3, 0.4) is 0 Å². The number of hydrogen-bond acceptors (Lipinski definition) is 4. The molecule has 0 amide bonds. The minimum absolute atomic E-state index is 0.0256. The van der Waals surface area contributed by atoms with Gasteiger partial charge in [-0.2, -0.15) is 0 Å². The van der Waals surface area contributed by atoms with Crippen molar-refractivity contribution in [3.63, 3.8) is 0 Å². The summed E-state index contributed by atoms with van der Waals surface area (Å²) in [5, 5.41) is 0. The molecule has 1 fully saturated rings. The van der Waals surface area contributed by atoms with Gasteiger partial charge in [0.15, 0.2) is 14.8 Å². The predicted molar refractivity (Wildman–Crippen MR) is 74.7 cm³/mol. The van der Waals surface area contributed by atoms with Gasteiger partial charge in [0.1, 0.15) is 5.78 Å². The van der Waals surface area contributed by atoms with E-state index in [0.717, 1.165) is 58.2 Å². The Morgan fingerprint density at radius 1 is 1.16 bits per heavy atom. The predicted octanol–water partition coefficient (Wildman–Crippen LogP) is 3.73. The van der Waals surface area contributed by atoms with Crippen LogP contribution in [0.1, 0.15) is 57.8 Å². The summed E-state index contributed by atoms with van der Waals surface area (Å²) < 4.78 is 21.3. The van der Waals surface area contributed by atoms with Crippen molar-refractivity contribution in [1.82, 2.24) is 0 Å². The molecule has 1 rings (SSSR count). The lowest BCUT2D eigenvalue weighted by molar-refractivity contribution is -0.162. The summed E-state index contributed by atoms with van der Waals surface area (Å²) in [6.45, 7) is 1.61. The minimum Gasteiger partial charge on any atom is -0.353 e. The van der Waals surface area contributed by atoms with Gasteiger partial charge in [0.05, 0.1) is 6.16 Å².